The van der Waals surface area contributed by atoms with Gasteiger partial charge in [-0.2, -0.15) is 0 Å². The highest BCUT2D eigenvalue weighted by Crippen LogP contribution is 2.33. The van der Waals surface area contributed by atoms with E-state index in [2.05, 4.69) is 5.32 Å². The van der Waals surface area contributed by atoms with Crippen LogP contribution in [0.1, 0.15) is 26.2 Å². The van der Waals surface area contributed by atoms with Crippen molar-refractivity contribution in [1.82, 2.24) is 5.32 Å². The smallest absolute Gasteiger partial charge is 0.268 e. The lowest BCUT2D eigenvalue weighted by Gasteiger charge is -2.32. The summed E-state index contributed by atoms with van der Waals surface area (Å²) in [5.74, 6) is 1.02. The predicted octanol–water partition coefficient (Wildman–Crippen LogP) is 1.73. The standard InChI is InChI=1S/C18H24N2O4/c1-13-18(22)20(15-5-2-3-6-16(15)24-13)11-17(21)19-9-4-10-23-12-14-7-8-14/h2-3,5-6,13-14H,4,7-12H2,1H3,(H,19,21). The lowest BCUT2D eigenvalue weighted by molar-refractivity contribution is -0.128. The van der Waals surface area contributed by atoms with E-state index in [4.69, 9.17) is 9.47 Å². The molecule has 1 fully saturated rings. The highest BCUT2D eigenvalue weighted by Gasteiger charge is 2.32. The lowest BCUT2D eigenvalue weighted by Crippen LogP contribution is -2.48. The second-order valence-electron chi connectivity index (χ2n) is 6.37. The van der Waals surface area contributed by atoms with Crippen LogP contribution in [0.5, 0.6) is 5.75 Å². The molecule has 1 atom stereocenters. The van der Waals surface area contributed by atoms with Crippen LogP contribution in [0, 0.1) is 5.92 Å². The largest absolute Gasteiger partial charge is 0.479 e. The van der Waals surface area contributed by atoms with Gasteiger partial charge in [0.15, 0.2) is 6.10 Å². The normalized spacial score (nSPS) is 19.6. The topological polar surface area (TPSA) is 67.9 Å². The van der Waals surface area contributed by atoms with Crippen molar-refractivity contribution in [1.29, 1.82) is 0 Å². The molecule has 6 heteroatoms. The average Bonchev–Trinajstić information content (AvgIpc) is 3.39. The molecule has 0 spiro atoms. The van der Waals surface area contributed by atoms with Gasteiger partial charge < -0.3 is 14.8 Å². The van der Waals surface area contributed by atoms with E-state index in [1.807, 2.05) is 12.1 Å². The van der Waals surface area contributed by atoms with Crippen molar-refractivity contribution < 1.29 is 19.1 Å². The van der Waals surface area contributed by atoms with E-state index in [-0.39, 0.29) is 18.4 Å². The molecule has 1 saturated carbocycles. The molecule has 24 heavy (non-hydrogen) atoms. The molecule has 1 aliphatic heterocycles. The minimum Gasteiger partial charge on any atom is -0.479 e. The van der Waals surface area contributed by atoms with Crippen LogP contribution in [-0.4, -0.2) is 44.2 Å². The molecule has 0 radical (unpaired) electrons. The first-order valence-electron chi connectivity index (χ1n) is 8.56. The molecule has 2 aliphatic rings. The molecular weight excluding hydrogens is 308 g/mol. The summed E-state index contributed by atoms with van der Waals surface area (Å²) in [7, 11) is 0. The highest BCUT2D eigenvalue weighted by atomic mass is 16.5. The van der Waals surface area contributed by atoms with Crippen LogP contribution in [0.15, 0.2) is 24.3 Å². The van der Waals surface area contributed by atoms with E-state index in [9.17, 15) is 9.59 Å². The SMILES string of the molecule is CC1Oc2ccccc2N(CC(=O)NCCCOCC2CC2)C1=O. The summed E-state index contributed by atoms with van der Waals surface area (Å²) in [6.45, 7) is 3.75. The zero-order valence-corrected chi connectivity index (χ0v) is 14.0. The molecule has 130 valence electrons. The number of amides is 2. The maximum Gasteiger partial charge on any atom is 0.268 e. The number of ether oxygens (including phenoxy) is 2. The Morgan fingerprint density at radius 3 is 2.96 bits per heavy atom. The van der Waals surface area contributed by atoms with Gasteiger partial charge in [0.1, 0.15) is 12.3 Å². The minimum atomic E-state index is -0.580. The molecule has 2 amide bonds. The zero-order chi connectivity index (χ0) is 16.9. The highest BCUT2D eigenvalue weighted by molar-refractivity contribution is 6.03. The second-order valence-corrected chi connectivity index (χ2v) is 6.37. The molecule has 1 N–H and O–H groups in total. The van der Waals surface area contributed by atoms with Gasteiger partial charge in [-0.3, -0.25) is 14.5 Å². The number of anilines is 1. The van der Waals surface area contributed by atoms with Gasteiger partial charge in [-0.15, -0.1) is 0 Å². The fourth-order valence-electron chi connectivity index (χ4n) is 2.66. The number of nitrogens with zero attached hydrogens (tertiary/aromatic N) is 1. The first-order valence-corrected chi connectivity index (χ1v) is 8.56. The second kappa shape index (κ2) is 7.66. The number of fused-ring (bicyclic) bond motifs is 1. The predicted molar refractivity (Wildman–Crippen MR) is 90.1 cm³/mol. The Labute approximate surface area is 142 Å². The van der Waals surface area contributed by atoms with Crippen LogP contribution in [0.3, 0.4) is 0 Å². The van der Waals surface area contributed by atoms with Gasteiger partial charge in [-0.25, -0.2) is 0 Å². The maximum atomic E-state index is 12.3. The van der Waals surface area contributed by atoms with Crippen molar-refractivity contribution in [2.75, 3.05) is 31.2 Å². The molecule has 6 nitrogen and oxygen atoms in total. The van der Waals surface area contributed by atoms with Gasteiger partial charge >= 0.3 is 0 Å². The number of carbonyl (C=O) groups is 2. The Morgan fingerprint density at radius 2 is 2.17 bits per heavy atom. The Morgan fingerprint density at radius 1 is 1.38 bits per heavy atom. The molecule has 0 aromatic heterocycles. The van der Waals surface area contributed by atoms with Gasteiger partial charge in [-0.05, 0) is 44.2 Å². The number of para-hydroxylation sites is 2. The molecule has 1 aromatic carbocycles. The van der Waals surface area contributed by atoms with Crippen molar-refractivity contribution in [3.63, 3.8) is 0 Å². The number of hydrogen-bond donors (Lipinski definition) is 1. The molecule has 1 heterocycles. The zero-order valence-electron chi connectivity index (χ0n) is 14.0. The van der Waals surface area contributed by atoms with Crippen LogP contribution >= 0.6 is 0 Å². The average molecular weight is 332 g/mol. The number of benzene rings is 1. The molecule has 3 rings (SSSR count). The first-order chi connectivity index (χ1) is 11.6. The number of nitrogens with one attached hydrogen (secondary N) is 1. The third kappa shape index (κ3) is 4.26. The Hall–Kier alpha value is -2.08. The van der Waals surface area contributed by atoms with Crippen molar-refractivity contribution in [2.24, 2.45) is 5.92 Å². The summed E-state index contributed by atoms with van der Waals surface area (Å²) in [6, 6.07) is 7.27. The molecular formula is C18H24N2O4. The Balaban J connectivity index is 1.45. The number of rotatable bonds is 8. The van der Waals surface area contributed by atoms with Crippen LogP contribution in [0.25, 0.3) is 0 Å². The molecule has 0 saturated heterocycles. The van der Waals surface area contributed by atoms with Crippen molar-refractivity contribution in [2.45, 2.75) is 32.3 Å². The van der Waals surface area contributed by atoms with E-state index < -0.39 is 6.10 Å². The van der Waals surface area contributed by atoms with Crippen LogP contribution in [0.4, 0.5) is 5.69 Å². The van der Waals surface area contributed by atoms with Gasteiger partial charge in [0.05, 0.1) is 5.69 Å². The van der Waals surface area contributed by atoms with E-state index in [0.29, 0.717) is 24.6 Å². The van der Waals surface area contributed by atoms with Crippen molar-refractivity contribution >= 4 is 17.5 Å². The first kappa shape index (κ1) is 16.8. The number of carbonyl (C=O) groups excluding carboxylic acids is 2. The Kier molecular flexibility index (Phi) is 5.35. The summed E-state index contributed by atoms with van der Waals surface area (Å²) in [4.78, 5) is 25.9. The van der Waals surface area contributed by atoms with Crippen LogP contribution in [0.2, 0.25) is 0 Å². The van der Waals surface area contributed by atoms with Gasteiger partial charge in [0.25, 0.3) is 5.91 Å². The monoisotopic (exact) mass is 332 g/mol. The molecule has 1 aliphatic carbocycles. The van der Waals surface area contributed by atoms with Crippen LogP contribution in [-0.2, 0) is 14.3 Å². The lowest BCUT2D eigenvalue weighted by atomic mass is 10.2. The van der Waals surface area contributed by atoms with Gasteiger partial charge in [-0.1, -0.05) is 12.1 Å². The fraction of sp³-hybridized carbons (Fsp3) is 0.556. The van der Waals surface area contributed by atoms with Crippen LogP contribution < -0.4 is 15.0 Å². The summed E-state index contributed by atoms with van der Waals surface area (Å²) in [5, 5.41) is 2.85. The van der Waals surface area contributed by atoms with Gasteiger partial charge in [0, 0.05) is 19.8 Å². The molecule has 0 bridgehead atoms. The van der Waals surface area contributed by atoms with E-state index >= 15 is 0 Å². The molecule has 1 aromatic rings. The third-order valence-corrected chi connectivity index (χ3v) is 4.21. The third-order valence-electron chi connectivity index (χ3n) is 4.21. The summed E-state index contributed by atoms with van der Waals surface area (Å²) in [6.07, 6.45) is 2.76. The fourth-order valence-corrected chi connectivity index (χ4v) is 2.66. The summed E-state index contributed by atoms with van der Waals surface area (Å²) >= 11 is 0. The van der Waals surface area contributed by atoms with E-state index in [1.54, 1.807) is 19.1 Å². The van der Waals surface area contributed by atoms with Crippen molar-refractivity contribution in [3.8, 4) is 5.75 Å². The summed E-state index contributed by atoms with van der Waals surface area (Å²) < 4.78 is 11.1. The Bertz CT molecular complexity index is 600. The van der Waals surface area contributed by atoms with Crippen molar-refractivity contribution in [3.05, 3.63) is 24.3 Å². The van der Waals surface area contributed by atoms with Gasteiger partial charge in [0.2, 0.25) is 5.91 Å². The van der Waals surface area contributed by atoms with E-state index in [1.165, 1.54) is 17.7 Å². The van der Waals surface area contributed by atoms with E-state index in [0.717, 1.165) is 18.9 Å². The summed E-state index contributed by atoms with van der Waals surface area (Å²) in [5.41, 5.74) is 0.642. The molecule has 1 unspecified atom stereocenters. The maximum absolute atomic E-state index is 12.3. The quantitative estimate of drug-likeness (QED) is 0.736. The minimum absolute atomic E-state index is 0.00643. The number of hydrogen-bond acceptors (Lipinski definition) is 4.